The molecule has 0 saturated carbocycles. The van der Waals surface area contributed by atoms with Crippen LogP contribution >= 0.6 is 11.6 Å². The van der Waals surface area contributed by atoms with Crippen molar-refractivity contribution in [1.82, 2.24) is 15.1 Å². The third kappa shape index (κ3) is 3.17. The van der Waals surface area contributed by atoms with Crippen molar-refractivity contribution in [2.45, 2.75) is 32.5 Å². The Labute approximate surface area is 182 Å². The molecule has 3 heterocycles. The zero-order valence-corrected chi connectivity index (χ0v) is 17.4. The molecule has 31 heavy (non-hydrogen) atoms. The summed E-state index contributed by atoms with van der Waals surface area (Å²) in [6.07, 6.45) is 0. The second-order valence-electron chi connectivity index (χ2n) is 7.46. The largest absolute Gasteiger partial charge is 0.337 e. The average molecular weight is 437 g/mol. The molecule has 2 atom stereocenters. The first-order valence-electron chi connectivity index (χ1n) is 9.64. The van der Waals surface area contributed by atoms with Crippen molar-refractivity contribution in [3.8, 4) is 11.4 Å². The molecule has 0 bridgehead atoms. The Kier molecular flexibility index (Phi) is 4.55. The SMILES string of the molecule is Cc1ccc(N2C(=O)[C@@H]3[C@@H](N=NN3Cc3nc(-c4ccccc4C)no3)C2=O)cc1Cl. The molecule has 5 rings (SSSR count). The number of fused-ring (bicyclic) bond motifs is 1. The first kappa shape index (κ1) is 19.4. The number of hydrogen-bond donors (Lipinski definition) is 0. The van der Waals surface area contributed by atoms with E-state index >= 15 is 0 Å². The van der Waals surface area contributed by atoms with E-state index in [1.54, 1.807) is 18.2 Å². The van der Waals surface area contributed by atoms with Gasteiger partial charge in [-0.15, -0.1) is 0 Å². The lowest BCUT2D eigenvalue weighted by Gasteiger charge is -2.19. The summed E-state index contributed by atoms with van der Waals surface area (Å²) in [7, 11) is 0. The number of anilines is 1. The smallest absolute Gasteiger partial charge is 0.263 e. The van der Waals surface area contributed by atoms with Crippen LogP contribution in [-0.2, 0) is 16.1 Å². The first-order chi connectivity index (χ1) is 14.9. The Balaban J connectivity index is 1.38. The second kappa shape index (κ2) is 7.28. The highest BCUT2D eigenvalue weighted by molar-refractivity contribution is 6.32. The molecule has 2 aromatic carbocycles. The molecule has 0 aliphatic carbocycles. The van der Waals surface area contributed by atoms with E-state index in [0.29, 0.717) is 16.5 Å². The molecule has 1 fully saturated rings. The van der Waals surface area contributed by atoms with Crippen LogP contribution in [0.1, 0.15) is 17.0 Å². The summed E-state index contributed by atoms with van der Waals surface area (Å²) >= 11 is 6.18. The van der Waals surface area contributed by atoms with Gasteiger partial charge >= 0.3 is 0 Å². The number of rotatable bonds is 4. The number of aryl methyl sites for hydroxylation is 2. The van der Waals surface area contributed by atoms with E-state index < -0.39 is 23.9 Å². The van der Waals surface area contributed by atoms with Gasteiger partial charge in [0.15, 0.2) is 12.1 Å². The summed E-state index contributed by atoms with van der Waals surface area (Å²) in [5.41, 5.74) is 3.13. The van der Waals surface area contributed by atoms with Gasteiger partial charge in [-0.1, -0.05) is 52.3 Å². The minimum absolute atomic E-state index is 0.0606. The normalized spacial score (nSPS) is 20.1. The minimum Gasteiger partial charge on any atom is -0.337 e. The number of imide groups is 1. The van der Waals surface area contributed by atoms with Gasteiger partial charge < -0.3 is 4.52 Å². The van der Waals surface area contributed by atoms with Crippen molar-refractivity contribution in [1.29, 1.82) is 0 Å². The predicted octanol–water partition coefficient (Wildman–Crippen LogP) is 3.50. The number of benzene rings is 2. The van der Waals surface area contributed by atoms with Crippen LogP contribution in [0.2, 0.25) is 5.02 Å². The van der Waals surface area contributed by atoms with Crippen LogP contribution in [0.25, 0.3) is 11.4 Å². The molecule has 1 saturated heterocycles. The molecule has 3 aromatic rings. The van der Waals surface area contributed by atoms with Gasteiger partial charge in [0.1, 0.15) is 6.54 Å². The highest BCUT2D eigenvalue weighted by atomic mass is 35.5. The van der Waals surface area contributed by atoms with Gasteiger partial charge in [-0.2, -0.15) is 10.1 Å². The Morgan fingerprint density at radius 2 is 1.87 bits per heavy atom. The van der Waals surface area contributed by atoms with Gasteiger partial charge in [-0.05, 0) is 37.1 Å². The number of carbonyl (C=O) groups excluding carboxylic acids is 2. The summed E-state index contributed by atoms with van der Waals surface area (Å²) in [6.45, 7) is 3.87. The second-order valence-corrected chi connectivity index (χ2v) is 7.87. The maximum absolute atomic E-state index is 13.1. The fraction of sp³-hybridized carbons (Fsp3) is 0.238. The van der Waals surface area contributed by atoms with Crippen molar-refractivity contribution in [3.63, 3.8) is 0 Å². The highest BCUT2D eigenvalue weighted by Gasteiger charge is 2.55. The van der Waals surface area contributed by atoms with Gasteiger partial charge in [0.2, 0.25) is 11.7 Å². The lowest BCUT2D eigenvalue weighted by Crippen LogP contribution is -2.39. The van der Waals surface area contributed by atoms with Gasteiger partial charge in [-0.3, -0.25) is 14.6 Å². The summed E-state index contributed by atoms with van der Waals surface area (Å²) in [6, 6.07) is 11.0. The monoisotopic (exact) mass is 436 g/mol. The number of nitrogens with zero attached hydrogens (tertiary/aromatic N) is 6. The zero-order valence-electron chi connectivity index (χ0n) is 16.7. The summed E-state index contributed by atoms with van der Waals surface area (Å²) in [5.74, 6) is -0.133. The van der Waals surface area contributed by atoms with E-state index in [9.17, 15) is 9.59 Å². The predicted molar refractivity (Wildman–Crippen MR) is 111 cm³/mol. The van der Waals surface area contributed by atoms with Crippen LogP contribution < -0.4 is 4.90 Å². The number of hydrogen-bond acceptors (Lipinski definition) is 8. The van der Waals surface area contributed by atoms with Gasteiger partial charge in [-0.25, -0.2) is 4.90 Å². The van der Waals surface area contributed by atoms with E-state index in [-0.39, 0.29) is 12.4 Å². The number of halogens is 1. The molecule has 0 radical (unpaired) electrons. The molecule has 2 aliphatic heterocycles. The van der Waals surface area contributed by atoms with E-state index in [1.807, 2.05) is 38.1 Å². The molecule has 2 amide bonds. The maximum atomic E-state index is 13.1. The first-order valence-corrected chi connectivity index (χ1v) is 10.0. The fourth-order valence-electron chi connectivity index (χ4n) is 3.72. The molecule has 2 aliphatic rings. The summed E-state index contributed by atoms with van der Waals surface area (Å²) in [5, 5.41) is 13.9. The Morgan fingerprint density at radius 3 is 2.65 bits per heavy atom. The van der Waals surface area contributed by atoms with E-state index in [1.165, 1.54) is 5.01 Å². The third-order valence-electron chi connectivity index (χ3n) is 5.42. The van der Waals surface area contributed by atoms with Crippen molar-refractivity contribution in [3.05, 3.63) is 64.5 Å². The third-order valence-corrected chi connectivity index (χ3v) is 5.83. The van der Waals surface area contributed by atoms with Gasteiger partial charge in [0, 0.05) is 10.6 Å². The van der Waals surface area contributed by atoms with Crippen LogP contribution in [0.4, 0.5) is 5.69 Å². The highest BCUT2D eigenvalue weighted by Crippen LogP contribution is 2.34. The van der Waals surface area contributed by atoms with E-state index in [2.05, 4.69) is 20.5 Å². The Bertz CT molecular complexity index is 1240. The molecule has 0 spiro atoms. The maximum Gasteiger partial charge on any atom is 0.263 e. The summed E-state index contributed by atoms with van der Waals surface area (Å²) in [4.78, 5) is 31.5. The number of aromatic nitrogens is 2. The molecule has 1 aromatic heterocycles. The Hall–Kier alpha value is -3.59. The van der Waals surface area contributed by atoms with Crippen LogP contribution in [0.15, 0.2) is 57.3 Å². The van der Waals surface area contributed by atoms with Crippen LogP contribution in [0.3, 0.4) is 0 Å². The van der Waals surface area contributed by atoms with Gasteiger partial charge in [0.05, 0.1) is 5.69 Å². The number of carbonyl (C=O) groups is 2. The fourth-order valence-corrected chi connectivity index (χ4v) is 3.89. The van der Waals surface area contributed by atoms with E-state index in [0.717, 1.165) is 21.6 Å². The average Bonchev–Trinajstić information content (AvgIpc) is 3.43. The zero-order chi connectivity index (χ0) is 21.7. The molecule has 10 heteroatoms. The molecular weight excluding hydrogens is 420 g/mol. The minimum atomic E-state index is -0.911. The van der Waals surface area contributed by atoms with Crippen LogP contribution in [0, 0.1) is 13.8 Å². The van der Waals surface area contributed by atoms with Crippen molar-refractivity contribution >= 4 is 29.1 Å². The quantitative estimate of drug-likeness (QED) is 0.580. The number of amides is 2. The summed E-state index contributed by atoms with van der Waals surface area (Å²) < 4.78 is 5.36. The molecule has 9 nitrogen and oxygen atoms in total. The Morgan fingerprint density at radius 1 is 1.06 bits per heavy atom. The molecule has 156 valence electrons. The van der Waals surface area contributed by atoms with Crippen LogP contribution in [-0.4, -0.2) is 39.0 Å². The molecule has 0 N–H and O–H groups in total. The lowest BCUT2D eigenvalue weighted by atomic mass is 10.1. The standard InChI is InChI=1S/C21H17ClN6O3/c1-11-5-3-4-6-14(11)19-23-16(31-25-19)10-27-18-17(24-26-27)20(29)28(21(18)30)13-8-7-12(2)15(22)9-13/h3-9,17-18H,10H2,1-2H3/t17-,18+/m1/s1. The van der Waals surface area contributed by atoms with Crippen molar-refractivity contribution in [2.75, 3.05) is 4.90 Å². The van der Waals surface area contributed by atoms with Crippen molar-refractivity contribution < 1.29 is 14.1 Å². The molecule has 0 unspecified atom stereocenters. The van der Waals surface area contributed by atoms with Gasteiger partial charge in [0.25, 0.3) is 11.8 Å². The topological polar surface area (TPSA) is 104 Å². The van der Waals surface area contributed by atoms with Crippen LogP contribution in [0.5, 0.6) is 0 Å². The van der Waals surface area contributed by atoms with Crippen molar-refractivity contribution in [2.24, 2.45) is 10.3 Å². The molecular formula is C21H17ClN6O3. The lowest BCUT2D eigenvalue weighted by molar-refractivity contribution is -0.123. The van der Waals surface area contributed by atoms with E-state index in [4.69, 9.17) is 16.1 Å².